The molecule has 3 rings (SSSR count). The van der Waals surface area contributed by atoms with Gasteiger partial charge in [0.2, 0.25) is 0 Å². The van der Waals surface area contributed by atoms with Crippen molar-refractivity contribution in [2.45, 2.75) is 26.9 Å². The highest BCUT2D eigenvalue weighted by molar-refractivity contribution is 7.80. The molecule has 0 fully saturated rings. The zero-order valence-corrected chi connectivity index (χ0v) is 16.0. The van der Waals surface area contributed by atoms with Gasteiger partial charge in [-0.3, -0.25) is 4.98 Å². The van der Waals surface area contributed by atoms with Gasteiger partial charge in [0.05, 0.1) is 0 Å². The average molecular weight is 362 g/mol. The molecule has 0 aliphatic rings. The third-order valence-corrected chi connectivity index (χ3v) is 4.54. The van der Waals surface area contributed by atoms with Gasteiger partial charge in [-0.1, -0.05) is 53.6 Å². The quantitative estimate of drug-likeness (QED) is 0.640. The Bertz CT molecular complexity index is 843. The second-order valence-corrected chi connectivity index (χ2v) is 6.89. The predicted octanol–water partition coefficient (Wildman–Crippen LogP) is 5.10. The van der Waals surface area contributed by atoms with Crippen LogP contribution in [-0.4, -0.2) is 15.0 Å². The van der Waals surface area contributed by atoms with Gasteiger partial charge in [0.15, 0.2) is 5.11 Å². The van der Waals surface area contributed by atoms with Crippen LogP contribution in [0.5, 0.6) is 0 Å². The fourth-order valence-electron chi connectivity index (χ4n) is 2.66. The number of rotatable bonds is 5. The zero-order chi connectivity index (χ0) is 18.4. The summed E-state index contributed by atoms with van der Waals surface area (Å²) in [6.45, 7) is 5.63. The van der Waals surface area contributed by atoms with E-state index in [1.807, 2.05) is 12.3 Å². The fourth-order valence-corrected chi connectivity index (χ4v) is 2.91. The molecule has 0 radical (unpaired) electrons. The highest BCUT2D eigenvalue weighted by Crippen LogP contribution is 2.15. The summed E-state index contributed by atoms with van der Waals surface area (Å²) in [5, 5.41) is 4.06. The molecule has 0 unspecified atom stereocenters. The third-order valence-electron chi connectivity index (χ3n) is 4.18. The lowest BCUT2D eigenvalue weighted by Gasteiger charge is -2.26. The van der Waals surface area contributed by atoms with Gasteiger partial charge < -0.3 is 10.2 Å². The molecule has 3 nitrogen and oxygen atoms in total. The van der Waals surface area contributed by atoms with E-state index in [0.717, 1.165) is 17.8 Å². The fraction of sp³-hybridized carbons (Fsp3) is 0.182. The van der Waals surface area contributed by atoms with Gasteiger partial charge in [-0.25, -0.2) is 0 Å². The van der Waals surface area contributed by atoms with E-state index in [1.165, 1.54) is 16.7 Å². The van der Waals surface area contributed by atoms with Crippen LogP contribution in [0.1, 0.15) is 22.3 Å². The average Bonchev–Trinajstić information content (AvgIpc) is 2.65. The minimum atomic E-state index is 0.707. The van der Waals surface area contributed by atoms with Crippen LogP contribution in [0, 0.1) is 13.8 Å². The summed E-state index contributed by atoms with van der Waals surface area (Å²) >= 11 is 5.71. The van der Waals surface area contributed by atoms with E-state index in [-0.39, 0.29) is 0 Å². The van der Waals surface area contributed by atoms with Gasteiger partial charge in [-0.05, 0) is 55.4 Å². The molecule has 1 aromatic heterocycles. The molecule has 0 amide bonds. The van der Waals surface area contributed by atoms with E-state index in [2.05, 4.69) is 83.6 Å². The van der Waals surface area contributed by atoms with Gasteiger partial charge in [-0.2, -0.15) is 0 Å². The summed E-state index contributed by atoms with van der Waals surface area (Å²) < 4.78 is 0. The summed E-state index contributed by atoms with van der Waals surface area (Å²) in [6.07, 6.45) is 3.67. The molecule has 3 aromatic rings. The monoisotopic (exact) mass is 361 g/mol. The maximum atomic E-state index is 5.71. The minimum absolute atomic E-state index is 0.707. The van der Waals surface area contributed by atoms with Crippen LogP contribution in [0.3, 0.4) is 0 Å². The number of nitrogens with zero attached hydrogens (tertiary/aromatic N) is 2. The van der Waals surface area contributed by atoms with Crippen LogP contribution in [0.2, 0.25) is 0 Å². The van der Waals surface area contributed by atoms with E-state index in [1.54, 1.807) is 6.20 Å². The van der Waals surface area contributed by atoms with Crippen LogP contribution in [-0.2, 0) is 13.1 Å². The summed E-state index contributed by atoms with van der Waals surface area (Å²) in [5.74, 6) is 0. The first kappa shape index (κ1) is 18.1. The van der Waals surface area contributed by atoms with E-state index in [9.17, 15) is 0 Å². The number of benzene rings is 2. The second-order valence-electron chi connectivity index (χ2n) is 6.50. The highest BCUT2D eigenvalue weighted by atomic mass is 32.1. The lowest BCUT2D eigenvalue weighted by Crippen LogP contribution is -2.33. The van der Waals surface area contributed by atoms with Crippen molar-refractivity contribution in [2.75, 3.05) is 5.32 Å². The molecule has 4 heteroatoms. The number of anilines is 1. The lowest BCUT2D eigenvalue weighted by atomic mass is 10.1. The first-order valence-electron chi connectivity index (χ1n) is 8.67. The molecular formula is C22H23N3S. The first-order valence-corrected chi connectivity index (χ1v) is 9.08. The number of nitrogens with one attached hydrogen (secondary N) is 1. The van der Waals surface area contributed by atoms with Gasteiger partial charge in [-0.15, -0.1) is 0 Å². The maximum Gasteiger partial charge on any atom is 0.174 e. The molecule has 0 atom stereocenters. The molecule has 1 N–H and O–H groups in total. The van der Waals surface area contributed by atoms with Crippen molar-refractivity contribution >= 4 is 23.0 Å². The van der Waals surface area contributed by atoms with Crippen LogP contribution in [0.15, 0.2) is 73.1 Å². The van der Waals surface area contributed by atoms with Gasteiger partial charge >= 0.3 is 0 Å². The van der Waals surface area contributed by atoms with Crippen LogP contribution in [0.4, 0.5) is 5.69 Å². The predicted molar refractivity (Wildman–Crippen MR) is 112 cm³/mol. The van der Waals surface area contributed by atoms with Crippen molar-refractivity contribution in [3.05, 3.63) is 95.3 Å². The van der Waals surface area contributed by atoms with E-state index in [4.69, 9.17) is 12.2 Å². The molecule has 1 heterocycles. The smallest absolute Gasteiger partial charge is 0.174 e. The molecule has 0 bridgehead atoms. The third kappa shape index (κ3) is 5.14. The Morgan fingerprint density at radius 1 is 0.885 bits per heavy atom. The molecule has 0 saturated carbocycles. The summed E-state index contributed by atoms with van der Waals surface area (Å²) in [4.78, 5) is 6.38. The normalized spacial score (nSPS) is 10.4. The number of hydrogen-bond donors (Lipinski definition) is 1. The second kappa shape index (κ2) is 8.59. The number of aryl methyl sites for hydroxylation is 2. The van der Waals surface area contributed by atoms with Crippen molar-refractivity contribution in [2.24, 2.45) is 0 Å². The Hall–Kier alpha value is -2.72. The number of hydrogen-bond acceptors (Lipinski definition) is 2. The van der Waals surface area contributed by atoms with Crippen molar-refractivity contribution < 1.29 is 0 Å². The summed E-state index contributed by atoms with van der Waals surface area (Å²) in [5.41, 5.74) is 5.85. The molecular weight excluding hydrogens is 338 g/mol. The van der Waals surface area contributed by atoms with E-state index < -0.39 is 0 Å². The Morgan fingerprint density at radius 3 is 2.12 bits per heavy atom. The molecule has 0 aliphatic carbocycles. The molecule has 132 valence electrons. The number of pyridine rings is 1. The Labute approximate surface area is 160 Å². The molecule has 26 heavy (non-hydrogen) atoms. The van der Waals surface area contributed by atoms with Gasteiger partial charge in [0.25, 0.3) is 0 Å². The minimum Gasteiger partial charge on any atom is -0.340 e. The Morgan fingerprint density at radius 2 is 1.50 bits per heavy atom. The molecule has 0 aliphatic heterocycles. The largest absolute Gasteiger partial charge is 0.340 e. The molecule has 0 spiro atoms. The van der Waals surface area contributed by atoms with E-state index in [0.29, 0.717) is 11.7 Å². The SMILES string of the molecule is Cc1ccc(CN(Cc2cccnc2)C(=S)Nc2ccc(C)cc2)cc1. The van der Waals surface area contributed by atoms with E-state index >= 15 is 0 Å². The van der Waals surface area contributed by atoms with Crippen LogP contribution in [0.25, 0.3) is 0 Å². The summed E-state index contributed by atoms with van der Waals surface area (Å²) in [7, 11) is 0. The molecule has 0 saturated heterocycles. The first-order chi connectivity index (χ1) is 12.6. The van der Waals surface area contributed by atoms with Crippen LogP contribution < -0.4 is 5.32 Å². The summed E-state index contributed by atoms with van der Waals surface area (Å²) in [6, 6.07) is 20.9. The van der Waals surface area contributed by atoms with Gasteiger partial charge in [0.1, 0.15) is 0 Å². The van der Waals surface area contributed by atoms with Crippen molar-refractivity contribution in [1.29, 1.82) is 0 Å². The highest BCUT2D eigenvalue weighted by Gasteiger charge is 2.12. The topological polar surface area (TPSA) is 28.2 Å². The maximum absolute atomic E-state index is 5.71. The zero-order valence-electron chi connectivity index (χ0n) is 15.1. The van der Waals surface area contributed by atoms with Crippen LogP contribution >= 0.6 is 12.2 Å². The Kier molecular flexibility index (Phi) is 5.97. The number of aromatic nitrogens is 1. The van der Waals surface area contributed by atoms with Crippen molar-refractivity contribution in [3.63, 3.8) is 0 Å². The van der Waals surface area contributed by atoms with Crippen molar-refractivity contribution in [3.8, 4) is 0 Å². The Balaban J connectivity index is 1.77. The standard InChI is InChI=1S/C22H23N3S/c1-17-5-9-19(10-6-17)15-25(16-20-4-3-13-23-14-20)22(26)24-21-11-7-18(2)8-12-21/h3-14H,15-16H2,1-2H3,(H,24,26). The van der Waals surface area contributed by atoms with Crippen molar-refractivity contribution in [1.82, 2.24) is 9.88 Å². The van der Waals surface area contributed by atoms with Gasteiger partial charge in [0, 0.05) is 31.2 Å². The lowest BCUT2D eigenvalue weighted by molar-refractivity contribution is 0.412. The number of thiocarbonyl (C=S) groups is 1. The molecule has 2 aromatic carbocycles.